The largest absolute Gasteiger partial charge is 0.466 e. The molecule has 0 spiro atoms. The molecule has 3 nitrogen and oxygen atoms in total. The van der Waals surface area contributed by atoms with Gasteiger partial charge in [0.1, 0.15) is 5.82 Å². The fourth-order valence-electron chi connectivity index (χ4n) is 0.820. The van der Waals surface area contributed by atoms with Gasteiger partial charge in [0.2, 0.25) is 0 Å². The molecule has 1 N–H and O–H groups in total. The molecule has 0 radical (unpaired) electrons. The van der Waals surface area contributed by atoms with Gasteiger partial charge in [-0.15, -0.1) is 0 Å². The van der Waals surface area contributed by atoms with E-state index in [0.29, 0.717) is 5.69 Å². The molecule has 0 heterocycles. The zero-order chi connectivity index (χ0) is 10.4. The molecule has 0 aromatic heterocycles. The Morgan fingerprint density at radius 1 is 1.43 bits per heavy atom. The summed E-state index contributed by atoms with van der Waals surface area (Å²) in [7, 11) is 1.30. The van der Waals surface area contributed by atoms with Gasteiger partial charge >= 0.3 is 5.97 Å². The van der Waals surface area contributed by atoms with Gasteiger partial charge in [-0.05, 0) is 24.3 Å². The minimum absolute atomic E-state index is 0.299. The third-order valence-corrected chi connectivity index (χ3v) is 1.51. The number of benzene rings is 1. The van der Waals surface area contributed by atoms with Crippen molar-refractivity contribution in [3.05, 3.63) is 42.4 Å². The topological polar surface area (TPSA) is 38.3 Å². The van der Waals surface area contributed by atoms with Crippen LogP contribution in [-0.2, 0) is 9.53 Å². The summed E-state index contributed by atoms with van der Waals surface area (Å²) in [5.41, 5.74) is 0.701. The van der Waals surface area contributed by atoms with Gasteiger partial charge in [0.25, 0.3) is 0 Å². The maximum absolute atomic E-state index is 12.5. The molecule has 0 fully saturated rings. The average Bonchev–Trinajstić information content (AvgIpc) is 2.21. The number of carbonyl (C=O) groups is 1. The van der Waals surface area contributed by atoms with Crippen molar-refractivity contribution in [2.24, 2.45) is 0 Å². The van der Waals surface area contributed by atoms with Gasteiger partial charge in [-0.1, -0.05) is 0 Å². The lowest BCUT2D eigenvalue weighted by molar-refractivity contribution is -0.134. The summed E-state index contributed by atoms with van der Waals surface area (Å²) in [5.74, 6) is -0.743. The van der Waals surface area contributed by atoms with Gasteiger partial charge in [0.05, 0.1) is 7.11 Å². The third-order valence-electron chi connectivity index (χ3n) is 1.51. The van der Waals surface area contributed by atoms with Crippen LogP contribution in [0.5, 0.6) is 0 Å². The first-order valence-corrected chi connectivity index (χ1v) is 3.99. The van der Waals surface area contributed by atoms with Crippen molar-refractivity contribution in [2.45, 2.75) is 0 Å². The smallest absolute Gasteiger partial charge is 0.331 e. The number of nitrogens with one attached hydrogen (secondary N) is 1. The van der Waals surface area contributed by atoms with Gasteiger partial charge in [0.15, 0.2) is 0 Å². The third kappa shape index (κ3) is 3.26. The molecule has 0 aliphatic rings. The van der Waals surface area contributed by atoms with E-state index in [1.165, 1.54) is 31.5 Å². The summed E-state index contributed by atoms with van der Waals surface area (Å²) in [5, 5.41) is 2.79. The molecule has 4 heteroatoms. The van der Waals surface area contributed by atoms with E-state index in [2.05, 4.69) is 10.1 Å². The van der Waals surface area contributed by atoms with E-state index in [4.69, 9.17) is 0 Å². The van der Waals surface area contributed by atoms with Crippen LogP contribution >= 0.6 is 0 Å². The van der Waals surface area contributed by atoms with E-state index in [0.717, 1.165) is 0 Å². The normalized spacial score (nSPS) is 10.1. The maximum Gasteiger partial charge on any atom is 0.331 e. The van der Waals surface area contributed by atoms with Crippen molar-refractivity contribution < 1.29 is 13.9 Å². The number of rotatable bonds is 3. The zero-order valence-corrected chi connectivity index (χ0v) is 7.66. The Kier molecular flexibility index (Phi) is 3.67. The van der Waals surface area contributed by atoms with E-state index < -0.39 is 5.97 Å². The summed E-state index contributed by atoms with van der Waals surface area (Å²) < 4.78 is 16.9. The minimum Gasteiger partial charge on any atom is -0.466 e. The fraction of sp³-hybridized carbons (Fsp3) is 0.100. The number of halogens is 1. The first-order chi connectivity index (χ1) is 6.72. The lowest BCUT2D eigenvalue weighted by Crippen LogP contribution is -1.96. The molecule has 1 rings (SSSR count). The molecular formula is C10H10FNO2. The lowest BCUT2D eigenvalue weighted by Gasteiger charge is -1.98. The Balaban J connectivity index is 2.49. The summed E-state index contributed by atoms with van der Waals surface area (Å²) in [6, 6.07) is 5.79. The quantitative estimate of drug-likeness (QED) is 0.591. The molecular weight excluding hydrogens is 185 g/mol. The molecule has 0 atom stereocenters. The molecule has 74 valence electrons. The van der Waals surface area contributed by atoms with E-state index in [-0.39, 0.29) is 5.82 Å². The van der Waals surface area contributed by atoms with Crippen LogP contribution in [0.3, 0.4) is 0 Å². The number of methoxy groups -OCH3 is 1. The van der Waals surface area contributed by atoms with Crippen LogP contribution in [-0.4, -0.2) is 13.1 Å². The fourth-order valence-corrected chi connectivity index (χ4v) is 0.820. The summed E-state index contributed by atoms with van der Waals surface area (Å²) in [4.78, 5) is 10.6. The van der Waals surface area contributed by atoms with Crippen LogP contribution in [0.2, 0.25) is 0 Å². The number of carbonyl (C=O) groups excluding carboxylic acids is 1. The van der Waals surface area contributed by atoms with E-state index in [1.807, 2.05) is 0 Å². The number of hydrogen-bond acceptors (Lipinski definition) is 3. The molecule has 1 aromatic carbocycles. The Bertz CT molecular complexity index is 332. The van der Waals surface area contributed by atoms with Gasteiger partial charge in [-0.25, -0.2) is 9.18 Å². The number of hydrogen-bond donors (Lipinski definition) is 1. The van der Waals surface area contributed by atoms with E-state index in [9.17, 15) is 9.18 Å². The predicted molar refractivity (Wildman–Crippen MR) is 51.2 cm³/mol. The number of ether oxygens (including phenoxy) is 1. The highest BCUT2D eigenvalue weighted by molar-refractivity contribution is 5.82. The molecule has 1 aromatic rings. The highest BCUT2D eigenvalue weighted by Crippen LogP contribution is 2.07. The molecule has 0 aliphatic carbocycles. The molecule has 0 amide bonds. The van der Waals surface area contributed by atoms with E-state index >= 15 is 0 Å². The van der Waals surface area contributed by atoms with Crippen molar-refractivity contribution in [1.82, 2.24) is 0 Å². The second kappa shape index (κ2) is 5.01. The summed E-state index contributed by atoms with van der Waals surface area (Å²) >= 11 is 0. The number of anilines is 1. The van der Waals surface area contributed by atoms with Crippen LogP contribution in [0.1, 0.15) is 0 Å². The van der Waals surface area contributed by atoms with Crippen molar-refractivity contribution in [3.8, 4) is 0 Å². The Morgan fingerprint density at radius 2 is 2.07 bits per heavy atom. The van der Waals surface area contributed by atoms with Crippen LogP contribution in [0, 0.1) is 5.82 Å². The van der Waals surface area contributed by atoms with Gasteiger partial charge in [0, 0.05) is 18.0 Å². The SMILES string of the molecule is COC(=O)/C=C/Nc1ccc(F)cc1. The molecule has 0 saturated heterocycles. The van der Waals surface area contributed by atoms with Crippen molar-refractivity contribution in [2.75, 3.05) is 12.4 Å². The van der Waals surface area contributed by atoms with Gasteiger partial charge in [-0.3, -0.25) is 0 Å². The van der Waals surface area contributed by atoms with Crippen molar-refractivity contribution in [1.29, 1.82) is 0 Å². The first-order valence-electron chi connectivity index (χ1n) is 3.99. The summed E-state index contributed by atoms with van der Waals surface area (Å²) in [6.45, 7) is 0. The van der Waals surface area contributed by atoms with Gasteiger partial charge in [-0.2, -0.15) is 0 Å². The summed E-state index contributed by atoms with van der Waals surface area (Å²) in [6.07, 6.45) is 2.67. The zero-order valence-electron chi connectivity index (χ0n) is 7.66. The maximum atomic E-state index is 12.5. The van der Waals surface area contributed by atoms with Crippen LogP contribution in [0.25, 0.3) is 0 Å². The Labute approximate surface area is 81.2 Å². The molecule has 0 unspecified atom stereocenters. The molecule has 0 aliphatic heterocycles. The van der Waals surface area contributed by atoms with Crippen molar-refractivity contribution >= 4 is 11.7 Å². The minimum atomic E-state index is -0.445. The highest BCUT2D eigenvalue weighted by atomic mass is 19.1. The lowest BCUT2D eigenvalue weighted by atomic mass is 10.3. The average molecular weight is 195 g/mol. The second-order valence-electron chi connectivity index (χ2n) is 2.51. The monoisotopic (exact) mass is 195 g/mol. The Hall–Kier alpha value is -1.84. The molecule has 14 heavy (non-hydrogen) atoms. The standard InChI is InChI=1S/C10H10FNO2/c1-14-10(13)6-7-12-9-4-2-8(11)3-5-9/h2-7,12H,1H3/b7-6+. The predicted octanol–water partition coefficient (Wildman–Crippen LogP) is 1.92. The van der Waals surface area contributed by atoms with Crippen molar-refractivity contribution in [3.63, 3.8) is 0 Å². The van der Waals surface area contributed by atoms with Crippen LogP contribution in [0.4, 0.5) is 10.1 Å². The molecule has 0 saturated carbocycles. The second-order valence-corrected chi connectivity index (χ2v) is 2.51. The molecule has 0 bridgehead atoms. The van der Waals surface area contributed by atoms with Crippen LogP contribution in [0.15, 0.2) is 36.5 Å². The first kappa shape index (κ1) is 10.2. The van der Waals surface area contributed by atoms with Gasteiger partial charge < -0.3 is 10.1 Å². The van der Waals surface area contributed by atoms with E-state index in [1.54, 1.807) is 12.1 Å². The Morgan fingerprint density at radius 3 is 2.64 bits per heavy atom. The number of esters is 1. The van der Waals surface area contributed by atoms with Crippen LogP contribution < -0.4 is 5.32 Å². The highest BCUT2D eigenvalue weighted by Gasteiger charge is 1.91.